The van der Waals surface area contributed by atoms with Crippen LogP contribution in [-0.2, 0) is 6.42 Å². The van der Waals surface area contributed by atoms with Gasteiger partial charge in [-0.15, -0.1) is 6.58 Å². The first-order valence-electron chi connectivity index (χ1n) is 10.9. The van der Waals surface area contributed by atoms with Crippen LogP contribution in [0.5, 0.6) is 11.5 Å². The van der Waals surface area contributed by atoms with Gasteiger partial charge in [-0.2, -0.15) is 0 Å². The maximum atomic E-state index is 6.10. The molecule has 1 unspecified atom stereocenters. The van der Waals surface area contributed by atoms with Crippen LogP contribution >= 0.6 is 0 Å². The van der Waals surface area contributed by atoms with Crippen molar-refractivity contribution in [2.75, 3.05) is 13.7 Å². The molecular formula is C27H25N3O3. The predicted molar refractivity (Wildman–Crippen MR) is 130 cm³/mol. The Morgan fingerprint density at radius 1 is 1.15 bits per heavy atom. The average molecular weight is 440 g/mol. The number of hydrogen-bond donors (Lipinski definition) is 1. The van der Waals surface area contributed by atoms with E-state index in [9.17, 15) is 0 Å². The first-order chi connectivity index (χ1) is 16.2. The van der Waals surface area contributed by atoms with E-state index in [4.69, 9.17) is 18.9 Å². The van der Waals surface area contributed by atoms with Gasteiger partial charge in [0.2, 0.25) is 5.89 Å². The number of aromatic nitrogens is 3. The van der Waals surface area contributed by atoms with Crippen molar-refractivity contribution in [3.05, 3.63) is 85.0 Å². The van der Waals surface area contributed by atoms with Crippen molar-refractivity contribution in [3.8, 4) is 22.6 Å². The van der Waals surface area contributed by atoms with Crippen LogP contribution in [0.1, 0.15) is 24.3 Å². The molecular weight excluding hydrogens is 414 g/mol. The fourth-order valence-electron chi connectivity index (χ4n) is 4.16. The molecule has 6 rings (SSSR count). The quantitative estimate of drug-likeness (QED) is 0.334. The van der Waals surface area contributed by atoms with E-state index in [0.29, 0.717) is 12.5 Å². The minimum Gasteiger partial charge on any atom is -0.497 e. The normalized spacial score (nSPS) is 14.8. The molecule has 0 spiro atoms. The van der Waals surface area contributed by atoms with Gasteiger partial charge >= 0.3 is 0 Å². The second-order valence-electron chi connectivity index (χ2n) is 7.93. The highest BCUT2D eigenvalue weighted by Crippen LogP contribution is 2.36. The van der Waals surface area contributed by atoms with Gasteiger partial charge in [0, 0.05) is 17.8 Å². The van der Waals surface area contributed by atoms with Crippen LogP contribution in [0.3, 0.4) is 0 Å². The number of nitrogens with zero attached hydrogens (tertiary/aromatic N) is 2. The third-order valence-corrected chi connectivity index (χ3v) is 5.70. The molecule has 4 heterocycles. The van der Waals surface area contributed by atoms with Crippen molar-refractivity contribution in [2.45, 2.75) is 19.3 Å². The Morgan fingerprint density at radius 3 is 2.88 bits per heavy atom. The van der Waals surface area contributed by atoms with Gasteiger partial charge in [-0.1, -0.05) is 12.1 Å². The highest BCUT2D eigenvalue weighted by molar-refractivity contribution is 5.94. The Bertz CT molecular complexity index is 1430. The number of methoxy groups -OCH3 is 1. The lowest BCUT2D eigenvalue weighted by Gasteiger charge is -2.23. The van der Waals surface area contributed by atoms with Crippen LogP contribution < -0.4 is 9.47 Å². The Balaban J connectivity index is 0.000000724. The fourth-order valence-corrected chi connectivity index (χ4v) is 4.16. The van der Waals surface area contributed by atoms with Crippen molar-refractivity contribution in [3.63, 3.8) is 0 Å². The van der Waals surface area contributed by atoms with Crippen LogP contribution in [0.2, 0.25) is 0 Å². The molecule has 0 amide bonds. The number of pyridine rings is 1. The Labute approximate surface area is 191 Å². The molecule has 3 aromatic heterocycles. The molecule has 2 aromatic carbocycles. The number of H-pyrrole nitrogens is 1. The molecule has 0 fully saturated rings. The third-order valence-electron chi connectivity index (χ3n) is 5.70. The first kappa shape index (κ1) is 20.8. The maximum Gasteiger partial charge on any atom is 0.202 e. The Morgan fingerprint density at radius 2 is 2.03 bits per heavy atom. The van der Waals surface area contributed by atoms with Gasteiger partial charge < -0.3 is 18.9 Å². The number of benzene rings is 2. The molecule has 1 aliphatic rings. The molecule has 6 nitrogen and oxygen atoms in total. The predicted octanol–water partition coefficient (Wildman–Crippen LogP) is 6.29. The summed E-state index contributed by atoms with van der Waals surface area (Å²) < 4.78 is 17.4. The summed E-state index contributed by atoms with van der Waals surface area (Å²) in [6, 6.07) is 16.1. The fraction of sp³-hybridized carbons (Fsp3) is 0.185. The number of fused-ring (bicyclic) bond motifs is 3. The van der Waals surface area contributed by atoms with E-state index in [2.05, 4.69) is 28.7 Å². The summed E-state index contributed by atoms with van der Waals surface area (Å²) >= 11 is 0. The smallest absolute Gasteiger partial charge is 0.202 e. The molecule has 1 N–H and O–H groups in total. The van der Waals surface area contributed by atoms with E-state index in [0.717, 1.165) is 56.7 Å². The zero-order chi connectivity index (χ0) is 22.8. The van der Waals surface area contributed by atoms with Gasteiger partial charge in [0.1, 0.15) is 29.3 Å². The number of allylic oxidation sites excluding steroid dienone is 1. The number of aromatic amines is 1. The molecule has 1 atom stereocenters. The number of rotatable bonds is 3. The zero-order valence-corrected chi connectivity index (χ0v) is 18.7. The standard InChI is InChI=1S/C24H19N3O3.C3H6/c1-28-17-3-5-21-15(11-17)10-16(13-29-21)24-27-20-12-14(2-4-22(20)30-24)18-6-8-25-23-19(18)7-9-26-23;1-3-2/h2-9,11-12,16H,10,13H2,1H3,(H,25,26);3H,1H2,2H3. The highest BCUT2D eigenvalue weighted by Gasteiger charge is 2.26. The van der Waals surface area contributed by atoms with Crippen molar-refractivity contribution in [1.82, 2.24) is 15.0 Å². The number of ether oxygens (including phenoxy) is 2. The van der Waals surface area contributed by atoms with Crippen LogP contribution in [0.25, 0.3) is 33.3 Å². The first-order valence-corrected chi connectivity index (χ1v) is 10.9. The summed E-state index contributed by atoms with van der Waals surface area (Å²) in [5.41, 5.74) is 5.82. The minimum atomic E-state index is 0.0674. The van der Waals surface area contributed by atoms with Crippen molar-refractivity contribution >= 4 is 22.1 Å². The van der Waals surface area contributed by atoms with Gasteiger partial charge in [0.05, 0.1) is 13.0 Å². The van der Waals surface area contributed by atoms with Crippen LogP contribution in [-0.4, -0.2) is 28.7 Å². The van der Waals surface area contributed by atoms with Crippen molar-refractivity contribution in [2.24, 2.45) is 0 Å². The molecule has 5 aromatic rings. The summed E-state index contributed by atoms with van der Waals surface area (Å²) in [5, 5.41) is 1.09. The molecule has 0 bridgehead atoms. The van der Waals surface area contributed by atoms with E-state index < -0.39 is 0 Å². The van der Waals surface area contributed by atoms with Crippen molar-refractivity contribution < 1.29 is 13.9 Å². The average Bonchev–Trinajstić information content (AvgIpc) is 3.50. The highest BCUT2D eigenvalue weighted by atomic mass is 16.5. The molecule has 1 aliphatic heterocycles. The molecule has 0 saturated heterocycles. The van der Waals surface area contributed by atoms with E-state index in [1.54, 1.807) is 13.2 Å². The molecule has 33 heavy (non-hydrogen) atoms. The lowest BCUT2D eigenvalue weighted by atomic mass is 9.96. The molecule has 166 valence electrons. The molecule has 0 radical (unpaired) electrons. The Hall–Kier alpha value is -4.06. The SMILES string of the molecule is C=CC.COc1ccc2c(c1)CC(c1nc3cc(-c4ccnc5[nH]ccc45)ccc3o1)CO2. The second-order valence-corrected chi connectivity index (χ2v) is 7.93. The third kappa shape index (κ3) is 3.96. The summed E-state index contributed by atoms with van der Waals surface area (Å²) in [4.78, 5) is 12.3. The van der Waals surface area contributed by atoms with E-state index in [1.165, 1.54) is 0 Å². The zero-order valence-electron chi connectivity index (χ0n) is 18.7. The summed E-state index contributed by atoms with van der Waals surface area (Å²) in [7, 11) is 1.67. The lowest BCUT2D eigenvalue weighted by molar-refractivity contribution is 0.243. The van der Waals surface area contributed by atoms with E-state index in [-0.39, 0.29) is 5.92 Å². The van der Waals surface area contributed by atoms with E-state index >= 15 is 0 Å². The number of nitrogens with one attached hydrogen (secondary N) is 1. The molecule has 0 aliphatic carbocycles. The lowest BCUT2D eigenvalue weighted by Crippen LogP contribution is -2.19. The molecule has 6 heteroatoms. The van der Waals surface area contributed by atoms with Crippen LogP contribution in [0.15, 0.2) is 78.0 Å². The second kappa shape index (κ2) is 8.82. The van der Waals surface area contributed by atoms with Crippen LogP contribution in [0.4, 0.5) is 0 Å². The van der Waals surface area contributed by atoms with Gasteiger partial charge in [0.25, 0.3) is 0 Å². The van der Waals surface area contributed by atoms with Crippen LogP contribution in [0, 0.1) is 0 Å². The van der Waals surface area contributed by atoms with Gasteiger partial charge in [0.15, 0.2) is 5.58 Å². The minimum absolute atomic E-state index is 0.0674. The van der Waals surface area contributed by atoms with Crippen molar-refractivity contribution in [1.29, 1.82) is 0 Å². The molecule has 0 saturated carbocycles. The Kier molecular flexibility index (Phi) is 5.57. The van der Waals surface area contributed by atoms with E-state index in [1.807, 2.05) is 55.7 Å². The number of hydrogen-bond acceptors (Lipinski definition) is 5. The summed E-state index contributed by atoms with van der Waals surface area (Å²) in [6.45, 7) is 5.80. The van der Waals surface area contributed by atoms with Gasteiger partial charge in [-0.3, -0.25) is 0 Å². The number of oxazole rings is 1. The monoisotopic (exact) mass is 439 g/mol. The largest absolute Gasteiger partial charge is 0.497 e. The van der Waals surface area contributed by atoms with Gasteiger partial charge in [-0.25, -0.2) is 9.97 Å². The maximum absolute atomic E-state index is 6.10. The summed E-state index contributed by atoms with van der Waals surface area (Å²) in [5.74, 6) is 2.50. The topological polar surface area (TPSA) is 73.2 Å². The summed E-state index contributed by atoms with van der Waals surface area (Å²) in [6.07, 6.45) is 6.28. The van der Waals surface area contributed by atoms with Gasteiger partial charge in [-0.05, 0) is 72.5 Å².